The third-order valence-electron chi connectivity index (χ3n) is 42.5. The van der Waals surface area contributed by atoms with Gasteiger partial charge in [-0.05, 0) is 525 Å². The van der Waals surface area contributed by atoms with Crippen molar-refractivity contribution in [2.24, 2.45) is 173 Å². The molecule has 24 aliphatic carbocycles. The number of hydrogen-bond acceptors (Lipinski definition) is 12. The first-order valence-corrected chi connectivity index (χ1v) is 54.2. The normalized spacial score (nSPS) is 40.3. The lowest BCUT2D eigenvalue weighted by Crippen LogP contribution is -2.60. The van der Waals surface area contributed by atoms with Crippen LogP contribution in [0.4, 0.5) is 0 Å². The van der Waals surface area contributed by atoms with Gasteiger partial charge in [-0.2, -0.15) is 0 Å². The van der Waals surface area contributed by atoms with E-state index in [1.165, 1.54) is 225 Å². The van der Waals surface area contributed by atoms with Gasteiger partial charge in [0, 0.05) is 16.2 Å². The van der Waals surface area contributed by atoms with Crippen molar-refractivity contribution < 1.29 is 57.2 Å². The van der Waals surface area contributed by atoms with E-state index in [9.17, 15) is 28.8 Å². The average Bonchev–Trinajstić information content (AvgIpc) is 1.02. The molecule has 0 heterocycles. The average molecular weight is 1750 g/mol. The van der Waals surface area contributed by atoms with Gasteiger partial charge in [0.2, 0.25) is 0 Å². The van der Waals surface area contributed by atoms with Gasteiger partial charge in [0.15, 0.2) is 0 Å². The summed E-state index contributed by atoms with van der Waals surface area (Å²) >= 11 is 0. The van der Waals surface area contributed by atoms with Crippen LogP contribution in [0, 0.1) is 173 Å². The number of hydrogen-bond donors (Lipinski definition) is 0. The van der Waals surface area contributed by atoms with E-state index in [4.69, 9.17) is 28.4 Å². The summed E-state index contributed by atoms with van der Waals surface area (Å²) in [5, 5.41) is 0. The molecule has 3 unspecified atom stereocenters. The maximum atomic E-state index is 12.9. The molecule has 12 nitrogen and oxygen atoms in total. The summed E-state index contributed by atoms with van der Waals surface area (Å²) < 4.78 is 37.5. The minimum atomic E-state index is -0.365. The van der Waals surface area contributed by atoms with Crippen LogP contribution in [-0.4, -0.2) is 69.4 Å². The van der Waals surface area contributed by atoms with Crippen molar-refractivity contribution in [2.45, 2.75) is 509 Å². The molecule has 24 aliphatic rings. The van der Waals surface area contributed by atoms with Gasteiger partial charge in [0.1, 0.15) is 33.6 Å². The topological polar surface area (TPSA) is 158 Å². The Bertz CT molecular complexity index is 3610. The van der Waals surface area contributed by atoms with E-state index in [2.05, 4.69) is 104 Å². The summed E-state index contributed by atoms with van der Waals surface area (Å²) in [7, 11) is 0. The molecular weight excluding hydrogens is 1560 g/mol. The van der Waals surface area contributed by atoms with Crippen LogP contribution in [0.2, 0.25) is 0 Å². The first-order valence-electron chi connectivity index (χ1n) is 54.2. The molecule has 0 saturated heterocycles. The van der Waals surface area contributed by atoms with E-state index in [0.29, 0.717) is 35.5 Å². The number of unbranched alkanes of at least 4 members (excludes halogenated alkanes) is 2. The van der Waals surface area contributed by atoms with Gasteiger partial charge in [-0.1, -0.05) is 75.2 Å². The van der Waals surface area contributed by atoms with Gasteiger partial charge in [0.25, 0.3) is 0 Å². The molecule has 0 amide bonds. The van der Waals surface area contributed by atoms with E-state index >= 15 is 0 Å². The molecule has 0 radical (unpaired) electrons. The van der Waals surface area contributed by atoms with Crippen LogP contribution in [-0.2, 0) is 57.2 Å². The molecule has 3 atom stereocenters. The second kappa shape index (κ2) is 37.1. The van der Waals surface area contributed by atoms with Gasteiger partial charge in [-0.25, -0.2) is 0 Å². The Morgan fingerprint density at radius 2 is 0.516 bits per heavy atom. The zero-order valence-corrected chi connectivity index (χ0v) is 86.3. The molecule has 720 valence electrons. The first kappa shape index (κ1) is 100. The molecular formula is C114H192O12. The van der Waals surface area contributed by atoms with Gasteiger partial charge in [-0.15, -0.1) is 0 Å². The van der Waals surface area contributed by atoms with E-state index in [-0.39, 0.29) is 118 Å². The van der Waals surface area contributed by atoms with Crippen molar-refractivity contribution in [3.8, 4) is 0 Å². The van der Waals surface area contributed by atoms with E-state index in [1.807, 2.05) is 83.1 Å². The van der Waals surface area contributed by atoms with E-state index < -0.39 is 0 Å². The van der Waals surface area contributed by atoms with E-state index in [0.717, 1.165) is 153 Å². The largest absolute Gasteiger partial charge is 0.459 e. The fraction of sp³-hybridized carbons (Fsp3) is 0.947. The van der Waals surface area contributed by atoms with Crippen LogP contribution in [0.15, 0.2) is 0 Å². The second-order valence-corrected chi connectivity index (χ2v) is 53.7. The highest BCUT2D eigenvalue weighted by Crippen LogP contribution is 2.72. The lowest BCUT2D eigenvalue weighted by molar-refractivity contribution is -0.220. The second-order valence-electron chi connectivity index (χ2n) is 53.7. The zero-order valence-electron chi connectivity index (χ0n) is 86.3. The minimum absolute atomic E-state index is 0.00857. The third kappa shape index (κ3) is 19.4. The van der Waals surface area contributed by atoms with Gasteiger partial charge in [-0.3, -0.25) is 28.8 Å². The number of carbonyl (C=O) groups is 6. The van der Waals surface area contributed by atoms with Crippen molar-refractivity contribution in [3.05, 3.63) is 0 Å². The number of ether oxygens (including phenoxy) is 6. The van der Waals surface area contributed by atoms with Crippen molar-refractivity contribution in [2.75, 3.05) is 0 Å². The Morgan fingerprint density at radius 1 is 0.262 bits per heavy atom. The highest BCUT2D eigenvalue weighted by atomic mass is 16.6. The molecule has 24 rings (SSSR count). The van der Waals surface area contributed by atoms with E-state index in [1.54, 1.807) is 0 Å². The lowest BCUT2D eigenvalue weighted by Gasteiger charge is -2.62. The number of rotatable bonds is 28. The summed E-state index contributed by atoms with van der Waals surface area (Å²) in [4.78, 5) is 76.0. The van der Waals surface area contributed by atoms with Crippen LogP contribution in [0.1, 0.15) is 476 Å². The van der Waals surface area contributed by atoms with Gasteiger partial charge in [0.05, 0.1) is 32.5 Å². The van der Waals surface area contributed by atoms with Crippen molar-refractivity contribution in [1.82, 2.24) is 0 Å². The van der Waals surface area contributed by atoms with Crippen LogP contribution in [0.5, 0.6) is 0 Å². The Hall–Kier alpha value is -3.18. The SMILES string of the molecule is CCC(C)(C)C(=O)OC(C)(C)C12CC3CC(CC(C3)C1)C2.CCC(C)(C)C(=O)OC(C)(C)C12CC3CC(CC1C3)C2.CCC(C)(C)C(=O)OC1(C)C2CC3CC(C2)CC1C3.CCC(C)(C)C(=O)OC1(CC)C2CC3CC(C2)CC1C3.CCCCC(C)(OC(=O)C(C)(C)CC)C12CC3CC(CC(C3)C1)C2.CCCCC1(OC(=O)C(C)(C)CC)C2CC3CC(C2)CC1C3. The molecule has 0 spiro atoms. The Morgan fingerprint density at radius 3 is 0.833 bits per heavy atom. The standard InChI is InChI=1S/C22H38O2.C20H34O2.C19H32O2.2C18H30O2.C17H28O2/c1-6-8-9-21(5,24-19(23)20(3,4)7-2)22-13-16-10-17(14-22)12-18(11-16)15-22;1-5-7-8-20(22-18(21)19(3,4)6-2)16-10-14-9-15(12-16)13-17(20)11-14;1-6-17(2,3)16(20)21-18(4,5)19-10-13-7-14(11-19)9-15(8-13)12-19;1-6-16(2,3)15(19)20-17(4,5)18-10-12-7-13(11-18)9-14(18)8-12;1-5-17(3,4)16(19)20-18(6-2)14-8-12-7-13(10-14)11-15(18)9-12;1-5-16(2,3)15(18)19-17(4)13-7-11-6-12(9-13)10-14(17)8-11/h16-18H,6-15H2,1-5H3;14-17H,5-13H2,1-4H3;13-15H,6-12H2,1-5H3;12-14H,6-11H2,1-5H3;12-15H,5-11H2,1-4H3;11-14H,5-10H2,1-4H3. The lowest BCUT2D eigenvalue weighted by atomic mass is 9.45. The smallest absolute Gasteiger partial charge is 0.312 e. The molecule has 0 N–H and O–H groups in total. The molecule has 24 bridgehead atoms. The van der Waals surface area contributed by atoms with Crippen molar-refractivity contribution in [1.29, 1.82) is 0 Å². The summed E-state index contributed by atoms with van der Waals surface area (Å²) in [5.74, 6) is 17.5. The third-order valence-corrected chi connectivity index (χ3v) is 42.5. The monoisotopic (exact) mass is 1750 g/mol. The summed E-state index contributed by atoms with van der Waals surface area (Å²) in [6, 6.07) is 0. The van der Waals surface area contributed by atoms with Crippen LogP contribution in [0.25, 0.3) is 0 Å². The number of esters is 6. The van der Waals surface area contributed by atoms with Gasteiger partial charge < -0.3 is 28.4 Å². The zero-order chi connectivity index (χ0) is 92.2. The molecule has 24 fully saturated rings. The fourth-order valence-electron chi connectivity index (χ4n) is 32.6. The molecule has 24 saturated carbocycles. The maximum Gasteiger partial charge on any atom is 0.312 e. The predicted molar refractivity (Wildman–Crippen MR) is 509 cm³/mol. The highest BCUT2D eigenvalue weighted by Gasteiger charge is 2.68. The number of carbonyl (C=O) groups excluding carboxylic acids is 6. The molecule has 0 aromatic carbocycles. The molecule has 0 aromatic heterocycles. The van der Waals surface area contributed by atoms with Crippen LogP contribution < -0.4 is 0 Å². The Kier molecular flexibility index (Phi) is 29.6. The highest BCUT2D eigenvalue weighted by molar-refractivity contribution is 5.79. The summed E-state index contributed by atoms with van der Waals surface area (Å²) in [6.07, 6.45) is 56.1. The van der Waals surface area contributed by atoms with Crippen LogP contribution in [0.3, 0.4) is 0 Å². The summed E-state index contributed by atoms with van der Waals surface area (Å²) in [6.45, 7) is 56.7. The Labute approximate surface area is 771 Å². The fourth-order valence-corrected chi connectivity index (χ4v) is 32.6. The van der Waals surface area contributed by atoms with Crippen LogP contribution >= 0.6 is 0 Å². The maximum absolute atomic E-state index is 12.9. The minimum Gasteiger partial charge on any atom is -0.459 e. The predicted octanol–water partition coefficient (Wildman–Crippen LogP) is 29.8. The summed E-state index contributed by atoms with van der Waals surface area (Å²) in [5.41, 5.74) is -2.60. The van der Waals surface area contributed by atoms with Crippen molar-refractivity contribution in [3.63, 3.8) is 0 Å². The molecule has 0 aromatic rings. The molecule has 12 heteroatoms. The molecule has 126 heavy (non-hydrogen) atoms. The molecule has 0 aliphatic heterocycles. The Balaban J connectivity index is 0.000000130. The van der Waals surface area contributed by atoms with Gasteiger partial charge >= 0.3 is 35.8 Å². The quantitative estimate of drug-likeness (QED) is 0.0540. The van der Waals surface area contributed by atoms with Crippen molar-refractivity contribution >= 4 is 35.8 Å². The first-order chi connectivity index (χ1) is 58.8.